The summed E-state index contributed by atoms with van der Waals surface area (Å²) in [7, 11) is 0. The first-order chi connectivity index (χ1) is 9.13. The first kappa shape index (κ1) is 16.2. The highest BCUT2D eigenvalue weighted by Gasteiger charge is 2.14. The summed E-state index contributed by atoms with van der Waals surface area (Å²) < 4.78 is 5.55. The van der Waals surface area contributed by atoms with Crippen LogP contribution in [0.15, 0.2) is 4.99 Å². The highest BCUT2D eigenvalue weighted by molar-refractivity contribution is 5.81. The zero-order valence-corrected chi connectivity index (χ0v) is 12.4. The average molecular weight is 268 g/mol. The SMILES string of the molecule is CCOC1=NC(CCCCC(N)C(C)=O)CCCC1. The molecular formula is C15H28N2O2. The van der Waals surface area contributed by atoms with Crippen LogP contribution < -0.4 is 5.73 Å². The Morgan fingerprint density at radius 3 is 2.95 bits per heavy atom. The van der Waals surface area contributed by atoms with Gasteiger partial charge in [0.15, 0.2) is 5.90 Å². The molecule has 1 heterocycles. The van der Waals surface area contributed by atoms with E-state index in [1.165, 1.54) is 12.8 Å². The molecule has 0 saturated heterocycles. The first-order valence-electron chi connectivity index (χ1n) is 7.59. The third-order valence-corrected chi connectivity index (χ3v) is 3.64. The Morgan fingerprint density at radius 2 is 2.26 bits per heavy atom. The molecule has 2 N–H and O–H groups in total. The Bertz CT molecular complexity index is 303. The van der Waals surface area contributed by atoms with Crippen LogP contribution >= 0.6 is 0 Å². The van der Waals surface area contributed by atoms with Crippen LogP contribution in [0.2, 0.25) is 0 Å². The van der Waals surface area contributed by atoms with Crippen molar-refractivity contribution >= 4 is 11.7 Å². The van der Waals surface area contributed by atoms with Gasteiger partial charge in [0.25, 0.3) is 0 Å². The fourth-order valence-electron chi connectivity index (χ4n) is 2.42. The summed E-state index contributed by atoms with van der Waals surface area (Å²) in [6, 6.07) is 0.120. The van der Waals surface area contributed by atoms with Gasteiger partial charge in [-0.25, -0.2) is 0 Å². The number of hydrogen-bond acceptors (Lipinski definition) is 4. The van der Waals surface area contributed by atoms with Gasteiger partial charge in [0, 0.05) is 6.42 Å². The van der Waals surface area contributed by atoms with Crippen LogP contribution in [0.5, 0.6) is 0 Å². The van der Waals surface area contributed by atoms with Crippen molar-refractivity contribution in [3.63, 3.8) is 0 Å². The lowest BCUT2D eigenvalue weighted by Gasteiger charge is -2.12. The molecule has 4 heteroatoms. The number of rotatable bonds is 7. The standard InChI is InChI=1S/C15H28N2O2/c1-3-19-15-11-7-5-9-13(17-15)8-4-6-10-14(16)12(2)18/h13-14H,3-11,16H2,1-2H3. The number of nitrogens with zero attached hydrogens (tertiary/aromatic N) is 1. The number of unbranched alkanes of at least 4 members (excludes halogenated alkanes) is 1. The maximum atomic E-state index is 11.0. The van der Waals surface area contributed by atoms with E-state index in [0.29, 0.717) is 12.6 Å². The van der Waals surface area contributed by atoms with Gasteiger partial charge in [-0.05, 0) is 39.5 Å². The minimum absolute atomic E-state index is 0.0890. The van der Waals surface area contributed by atoms with Crippen LogP contribution in [0.4, 0.5) is 0 Å². The fraction of sp³-hybridized carbons (Fsp3) is 0.867. The molecule has 1 rings (SSSR count). The van der Waals surface area contributed by atoms with E-state index in [2.05, 4.69) is 0 Å². The molecule has 2 unspecified atom stereocenters. The van der Waals surface area contributed by atoms with E-state index in [1.807, 2.05) is 6.92 Å². The first-order valence-corrected chi connectivity index (χ1v) is 7.59. The van der Waals surface area contributed by atoms with Gasteiger partial charge in [0.2, 0.25) is 0 Å². The minimum atomic E-state index is -0.281. The van der Waals surface area contributed by atoms with Crippen LogP contribution in [-0.2, 0) is 9.53 Å². The zero-order chi connectivity index (χ0) is 14.1. The molecule has 19 heavy (non-hydrogen) atoms. The second-order valence-corrected chi connectivity index (χ2v) is 5.36. The molecular weight excluding hydrogens is 240 g/mol. The van der Waals surface area contributed by atoms with E-state index in [0.717, 1.165) is 44.4 Å². The molecule has 0 radical (unpaired) electrons. The molecule has 0 spiro atoms. The van der Waals surface area contributed by atoms with Crippen LogP contribution in [0, 0.1) is 0 Å². The van der Waals surface area contributed by atoms with Gasteiger partial charge in [-0.15, -0.1) is 0 Å². The smallest absolute Gasteiger partial charge is 0.183 e. The van der Waals surface area contributed by atoms with Crippen LogP contribution in [0.3, 0.4) is 0 Å². The second kappa shape index (κ2) is 9.08. The third-order valence-electron chi connectivity index (χ3n) is 3.64. The molecule has 1 aliphatic heterocycles. The molecule has 110 valence electrons. The summed E-state index contributed by atoms with van der Waals surface area (Å²) in [5, 5.41) is 0. The topological polar surface area (TPSA) is 64.7 Å². The molecule has 0 aromatic rings. The quantitative estimate of drug-likeness (QED) is 0.722. The monoisotopic (exact) mass is 268 g/mol. The zero-order valence-electron chi connectivity index (χ0n) is 12.4. The van der Waals surface area contributed by atoms with Gasteiger partial charge in [-0.1, -0.05) is 19.3 Å². The summed E-state index contributed by atoms with van der Waals surface area (Å²) in [5.74, 6) is 1.02. The largest absolute Gasteiger partial charge is 0.481 e. The van der Waals surface area contributed by atoms with E-state index >= 15 is 0 Å². The summed E-state index contributed by atoms with van der Waals surface area (Å²) in [6.45, 7) is 4.28. The van der Waals surface area contributed by atoms with Crippen molar-refractivity contribution in [3.8, 4) is 0 Å². The number of nitrogens with two attached hydrogens (primary N) is 1. The number of ether oxygens (including phenoxy) is 1. The van der Waals surface area contributed by atoms with E-state index in [1.54, 1.807) is 6.92 Å². The van der Waals surface area contributed by atoms with Gasteiger partial charge in [-0.2, -0.15) is 0 Å². The van der Waals surface area contributed by atoms with Crippen LogP contribution in [0.1, 0.15) is 65.2 Å². The summed E-state index contributed by atoms with van der Waals surface area (Å²) in [6.07, 6.45) is 8.55. The number of carbonyl (C=O) groups excluding carboxylic acids is 1. The Hall–Kier alpha value is -0.900. The molecule has 2 atom stereocenters. The number of hydrogen-bond donors (Lipinski definition) is 1. The van der Waals surface area contributed by atoms with Crippen molar-refractivity contribution in [2.45, 2.75) is 77.3 Å². The molecule has 0 saturated carbocycles. The van der Waals surface area contributed by atoms with Gasteiger partial charge >= 0.3 is 0 Å². The lowest BCUT2D eigenvalue weighted by atomic mass is 10.0. The van der Waals surface area contributed by atoms with Gasteiger partial charge < -0.3 is 10.5 Å². The molecule has 0 aliphatic carbocycles. The maximum absolute atomic E-state index is 11.0. The van der Waals surface area contributed by atoms with Gasteiger partial charge in [0.1, 0.15) is 5.78 Å². The third kappa shape index (κ3) is 6.71. The van der Waals surface area contributed by atoms with Gasteiger partial charge in [-0.3, -0.25) is 9.79 Å². The highest BCUT2D eigenvalue weighted by Crippen LogP contribution is 2.19. The lowest BCUT2D eigenvalue weighted by molar-refractivity contribution is -0.118. The average Bonchev–Trinajstić information content (AvgIpc) is 2.60. The molecule has 0 amide bonds. The molecule has 1 aliphatic rings. The Kier molecular flexibility index (Phi) is 7.72. The molecule has 0 aromatic carbocycles. The lowest BCUT2D eigenvalue weighted by Crippen LogP contribution is -2.27. The Labute approximate surface area is 116 Å². The Balaban J connectivity index is 2.26. The van der Waals surface area contributed by atoms with Crippen molar-refractivity contribution in [1.82, 2.24) is 0 Å². The molecule has 4 nitrogen and oxygen atoms in total. The minimum Gasteiger partial charge on any atom is -0.481 e. The van der Waals surface area contributed by atoms with Crippen molar-refractivity contribution < 1.29 is 9.53 Å². The van der Waals surface area contributed by atoms with Crippen LogP contribution in [0.25, 0.3) is 0 Å². The van der Waals surface area contributed by atoms with Crippen molar-refractivity contribution in [1.29, 1.82) is 0 Å². The highest BCUT2D eigenvalue weighted by atomic mass is 16.5. The summed E-state index contributed by atoms with van der Waals surface area (Å²) in [4.78, 5) is 15.7. The predicted octanol–water partition coefficient (Wildman–Crippen LogP) is 2.84. The normalized spacial score (nSPS) is 21.4. The van der Waals surface area contributed by atoms with E-state index in [-0.39, 0.29) is 11.8 Å². The molecule has 0 fully saturated rings. The van der Waals surface area contributed by atoms with Crippen molar-refractivity contribution in [2.24, 2.45) is 10.7 Å². The molecule has 0 aromatic heterocycles. The van der Waals surface area contributed by atoms with Crippen molar-refractivity contribution in [3.05, 3.63) is 0 Å². The van der Waals surface area contributed by atoms with E-state index < -0.39 is 0 Å². The fourth-order valence-corrected chi connectivity index (χ4v) is 2.42. The Morgan fingerprint density at radius 1 is 1.47 bits per heavy atom. The van der Waals surface area contributed by atoms with Gasteiger partial charge in [0.05, 0.1) is 18.7 Å². The second-order valence-electron chi connectivity index (χ2n) is 5.36. The van der Waals surface area contributed by atoms with E-state index in [9.17, 15) is 4.79 Å². The van der Waals surface area contributed by atoms with Crippen LogP contribution in [-0.4, -0.2) is 30.4 Å². The summed E-state index contributed by atoms with van der Waals surface area (Å²) in [5.41, 5.74) is 5.73. The number of carbonyl (C=O) groups is 1. The summed E-state index contributed by atoms with van der Waals surface area (Å²) >= 11 is 0. The van der Waals surface area contributed by atoms with Crippen molar-refractivity contribution in [2.75, 3.05) is 6.61 Å². The molecule has 0 bridgehead atoms. The predicted molar refractivity (Wildman–Crippen MR) is 78.4 cm³/mol. The number of ketones is 1. The maximum Gasteiger partial charge on any atom is 0.183 e. The number of Topliss-reactive ketones (excluding diaryl/α,β-unsaturated/α-hetero) is 1. The van der Waals surface area contributed by atoms with E-state index in [4.69, 9.17) is 15.5 Å². The number of aliphatic imine (C=N–C) groups is 1.